The molecule has 1 atom stereocenters. The van der Waals surface area contributed by atoms with Crippen LogP contribution in [0.3, 0.4) is 0 Å². The molecule has 0 saturated carbocycles. The zero-order valence-corrected chi connectivity index (χ0v) is 14.5. The first kappa shape index (κ1) is 19.7. The maximum Gasteiger partial charge on any atom is 0.416 e. The van der Waals surface area contributed by atoms with Crippen LogP contribution in [-0.4, -0.2) is 24.4 Å². The van der Waals surface area contributed by atoms with Crippen molar-refractivity contribution < 1.29 is 31.9 Å². The summed E-state index contributed by atoms with van der Waals surface area (Å²) in [6.45, 7) is 0.399. The zero-order valence-electron chi connectivity index (χ0n) is 14.5. The molecule has 1 heterocycles. The first-order valence-corrected chi connectivity index (χ1v) is 8.44. The molecular formula is C19H16F4N2O3. The molecular weight excluding hydrogens is 380 g/mol. The van der Waals surface area contributed by atoms with E-state index in [1.54, 1.807) is 0 Å². The number of nitrogens with one attached hydrogen (secondary N) is 2. The lowest BCUT2D eigenvalue weighted by Gasteiger charge is -2.23. The van der Waals surface area contributed by atoms with Crippen molar-refractivity contribution in [1.29, 1.82) is 0 Å². The predicted molar refractivity (Wildman–Crippen MR) is 91.4 cm³/mol. The van der Waals surface area contributed by atoms with Gasteiger partial charge in [-0.05, 0) is 48.9 Å². The van der Waals surface area contributed by atoms with Crippen molar-refractivity contribution in [3.8, 4) is 11.5 Å². The van der Waals surface area contributed by atoms with Gasteiger partial charge in [0.2, 0.25) is 5.91 Å². The van der Waals surface area contributed by atoms with Crippen LogP contribution >= 0.6 is 0 Å². The van der Waals surface area contributed by atoms with E-state index in [-0.39, 0.29) is 29.4 Å². The number of hydrogen-bond donors (Lipinski definition) is 2. The molecule has 1 unspecified atom stereocenters. The first-order valence-electron chi connectivity index (χ1n) is 8.44. The number of alkyl halides is 3. The van der Waals surface area contributed by atoms with Gasteiger partial charge in [-0.1, -0.05) is 0 Å². The fourth-order valence-electron chi connectivity index (χ4n) is 2.77. The summed E-state index contributed by atoms with van der Waals surface area (Å²) in [7, 11) is 0. The molecule has 3 rings (SSSR count). The van der Waals surface area contributed by atoms with Gasteiger partial charge in [-0.15, -0.1) is 0 Å². The molecule has 0 aliphatic carbocycles. The largest absolute Gasteiger partial charge is 0.457 e. The maximum absolute atomic E-state index is 13.1. The van der Waals surface area contributed by atoms with Gasteiger partial charge in [0.1, 0.15) is 17.3 Å². The first-order chi connectivity index (χ1) is 13.2. The highest BCUT2D eigenvalue weighted by atomic mass is 19.4. The number of amides is 2. The van der Waals surface area contributed by atoms with Crippen molar-refractivity contribution in [3.63, 3.8) is 0 Å². The SMILES string of the molecule is O=C1CC(NC(=O)c2ccc(C(F)(F)F)cc2Oc2ccc(F)cc2)CCN1. The molecule has 0 radical (unpaired) electrons. The van der Waals surface area contributed by atoms with Crippen LogP contribution in [0.5, 0.6) is 11.5 Å². The van der Waals surface area contributed by atoms with Crippen LogP contribution in [-0.2, 0) is 11.0 Å². The lowest BCUT2D eigenvalue weighted by Crippen LogP contribution is -2.45. The molecule has 28 heavy (non-hydrogen) atoms. The highest BCUT2D eigenvalue weighted by Gasteiger charge is 2.32. The third-order valence-corrected chi connectivity index (χ3v) is 4.18. The molecule has 2 aromatic rings. The van der Waals surface area contributed by atoms with E-state index in [4.69, 9.17) is 4.74 Å². The minimum Gasteiger partial charge on any atom is -0.457 e. The van der Waals surface area contributed by atoms with Gasteiger partial charge in [-0.3, -0.25) is 9.59 Å². The van der Waals surface area contributed by atoms with E-state index in [9.17, 15) is 27.2 Å². The summed E-state index contributed by atoms with van der Waals surface area (Å²) in [5.41, 5.74) is -1.11. The second kappa shape index (κ2) is 7.87. The Morgan fingerprint density at radius 2 is 1.86 bits per heavy atom. The standard InChI is InChI=1S/C19H16F4N2O3/c20-12-2-4-14(5-3-12)28-16-9-11(19(21,22)23)1-6-15(16)18(27)25-13-7-8-24-17(26)10-13/h1-6,9,13H,7-8,10H2,(H,24,26)(H,25,27). The van der Waals surface area contributed by atoms with Gasteiger partial charge >= 0.3 is 6.18 Å². The summed E-state index contributed by atoms with van der Waals surface area (Å²) in [4.78, 5) is 24.0. The molecule has 148 valence electrons. The van der Waals surface area contributed by atoms with E-state index in [0.29, 0.717) is 19.0 Å². The monoisotopic (exact) mass is 396 g/mol. The Morgan fingerprint density at radius 1 is 1.14 bits per heavy atom. The second-order valence-electron chi connectivity index (χ2n) is 6.28. The highest BCUT2D eigenvalue weighted by molar-refractivity contribution is 5.97. The Bertz CT molecular complexity index is 882. The molecule has 1 aliphatic rings. The average Bonchev–Trinajstić information content (AvgIpc) is 2.63. The topological polar surface area (TPSA) is 67.4 Å². The van der Waals surface area contributed by atoms with Gasteiger partial charge in [0.15, 0.2) is 0 Å². The van der Waals surface area contributed by atoms with Gasteiger partial charge in [0, 0.05) is 19.0 Å². The normalized spacial score (nSPS) is 17.0. The van der Waals surface area contributed by atoms with E-state index >= 15 is 0 Å². The van der Waals surface area contributed by atoms with Crippen molar-refractivity contribution in [2.45, 2.75) is 25.1 Å². The van der Waals surface area contributed by atoms with Crippen LogP contribution in [0.2, 0.25) is 0 Å². The zero-order chi connectivity index (χ0) is 20.3. The second-order valence-corrected chi connectivity index (χ2v) is 6.28. The van der Waals surface area contributed by atoms with Crippen molar-refractivity contribution >= 4 is 11.8 Å². The lowest BCUT2D eigenvalue weighted by molar-refractivity contribution is -0.137. The van der Waals surface area contributed by atoms with Crippen LogP contribution in [0.15, 0.2) is 42.5 Å². The van der Waals surface area contributed by atoms with Crippen molar-refractivity contribution in [2.24, 2.45) is 0 Å². The minimum absolute atomic E-state index is 0.0758. The number of piperidine rings is 1. The quantitative estimate of drug-likeness (QED) is 0.776. The van der Waals surface area contributed by atoms with Crippen LogP contribution in [0.4, 0.5) is 17.6 Å². The number of rotatable bonds is 4. The smallest absolute Gasteiger partial charge is 0.416 e. The summed E-state index contributed by atoms with van der Waals surface area (Å²) in [5, 5.41) is 5.27. The summed E-state index contributed by atoms with van der Waals surface area (Å²) in [6.07, 6.45) is -4.04. The molecule has 0 bridgehead atoms. The molecule has 2 N–H and O–H groups in total. The summed E-state index contributed by atoms with van der Waals surface area (Å²) < 4.78 is 57.6. The van der Waals surface area contributed by atoms with E-state index < -0.39 is 29.5 Å². The Kier molecular flexibility index (Phi) is 5.53. The fourth-order valence-corrected chi connectivity index (χ4v) is 2.77. The van der Waals surface area contributed by atoms with Crippen LogP contribution in [0.1, 0.15) is 28.8 Å². The van der Waals surface area contributed by atoms with Gasteiger partial charge < -0.3 is 15.4 Å². The van der Waals surface area contributed by atoms with Gasteiger partial charge in [-0.2, -0.15) is 13.2 Å². The summed E-state index contributed by atoms with van der Waals surface area (Å²) in [5.74, 6) is -1.66. The number of carbonyl (C=O) groups excluding carboxylic acids is 2. The predicted octanol–water partition coefficient (Wildman–Crippen LogP) is 3.65. The van der Waals surface area contributed by atoms with Crippen LogP contribution in [0.25, 0.3) is 0 Å². The van der Waals surface area contributed by atoms with Crippen molar-refractivity contribution in [1.82, 2.24) is 10.6 Å². The number of halogens is 4. The van der Waals surface area contributed by atoms with E-state index in [0.717, 1.165) is 24.3 Å². The van der Waals surface area contributed by atoms with E-state index in [2.05, 4.69) is 10.6 Å². The molecule has 5 nitrogen and oxygen atoms in total. The molecule has 1 aliphatic heterocycles. The third kappa shape index (κ3) is 4.79. The lowest BCUT2D eigenvalue weighted by atomic mass is 10.0. The van der Waals surface area contributed by atoms with E-state index in [1.165, 1.54) is 12.1 Å². The highest BCUT2D eigenvalue weighted by Crippen LogP contribution is 2.35. The number of hydrogen-bond acceptors (Lipinski definition) is 3. The Balaban J connectivity index is 1.88. The molecule has 2 amide bonds. The number of benzene rings is 2. The van der Waals surface area contributed by atoms with Gasteiger partial charge in [0.05, 0.1) is 11.1 Å². The summed E-state index contributed by atoms with van der Waals surface area (Å²) >= 11 is 0. The Morgan fingerprint density at radius 3 is 2.50 bits per heavy atom. The van der Waals surface area contributed by atoms with Crippen LogP contribution < -0.4 is 15.4 Å². The molecule has 0 aromatic heterocycles. The molecule has 2 aromatic carbocycles. The van der Waals surface area contributed by atoms with E-state index in [1.807, 2.05) is 0 Å². The molecule has 1 fully saturated rings. The molecule has 0 spiro atoms. The molecule has 1 saturated heterocycles. The molecule has 9 heteroatoms. The summed E-state index contributed by atoms with van der Waals surface area (Å²) in [6, 6.07) is 6.73. The number of carbonyl (C=O) groups is 2. The van der Waals surface area contributed by atoms with Crippen LogP contribution in [0, 0.1) is 5.82 Å². The van der Waals surface area contributed by atoms with Crippen molar-refractivity contribution in [3.05, 3.63) is 59.4 Å². The average molecular weight is 396 g/mol. The Hall–Kier alpha value is -3.10. The minimum atomic E-state index is -4.63. The third-order valence-electron chi connectivity index (χ3n) is 4.18. The Labute approximate surface area is 157 Å². The van der Waals surface area contributed by atoms with Crippen molar-refractivity contribution in [2.75, 3.05) is 6.54 Å². The fraction of sp³-hybridized carbons (Fsp3) is 0.263. The van der Waals surface area contributed by atoms with Gasteiger partial charge in [-0.25, -0.2) is 4.39 Å². The number of ether oxygens (including phenoxy) is 1. The maximum atomic E-state index is 13.1. The van der Waals surface area contributed by atoms with Gasteiger partial charge in [0.25, 0.3) is 5.91 Å².